The molecule has 1 aliphatic heterocycles. The van der Waals surface area contributed by atoms with E-state index in [2.05, 4.69) is 0 Å². The van der Waals surface area contributed by atoms with Gasteiger partial charge < -0.3 is 4.90 Å². The van der Waals surface area contributed by atoms with E-state index in [1.165, 1.54) is 17.0 Å². The minimum absolute atomic E-state index is 0.0621. The Morgan fingerprint density at radius 1 is 1.14 bits per heavy atom. The lowest BCUT2D eigenvalue weighted by Gasteiger charge is -2.25. The molecule has 0 aliphatic carbocycles. The molecular weight excluding hydrogens is 446 g/mol. The van der Waals surface area contributed by atoms with E-state index in [1.807, 2.05) is 6.92 Å². The molecule has 1 heterocycles. The van der Waals surface area contributed by atoms with Crippen LogP contribution >= 0.6 is 35.4 Å². The predicted octanol–water partition coefficient (Wildman–Crippen LogP) is 5.20. The highest BCUT2D eigenvalue weighted by atomic mass is 35.5. The average molecular weight is 458 g/mol. The van der Waals surface area contributed by atoms with Crippen LogP contribution in [0.25, 0.3) is 0 Å². The topological polar surface area (TPSA) is 47.3 Å². The van der Waals surface area contributed by atoms with Crippen molar-refractivity contribution in [3.63, 3.8) is 0 Å². The summed E-state index contributed by atoms with van der Waals surface area (Å²) in [5.74, 6) is -0.664. The van der Waals surface area contributed by atoms with Crippen molar-refractivity contribution >= 4 is 57.8 Å². The smallest absolute Gasteiger partial charge is 0.303 e. The number of carbonyl (C=O) groups is 1. The van der Waals surface area contributed by atoms with Crippen molar-refractivity contribution in [3.8, 4) is 6.07 Å². The molecule has 3 rings (SSSR count). The summed E-state index contributed by atoms with van der Waals surface area (Å²) >= 11 is 17.4. The number of hydrogen-bond acceptors (Lipinski definition) is 3. The van der Waals surface area contributed by atoms with Crippen molar-refractivity contribution in [2.24, 2.45) is 0 Å². The molecule has 2 aromatic carbocycles. The second-order valence-electron chi connectivity index (χ2n) is 6.28. The van der Waals surface area contributed by atoms with Crippen LogP contribution in [0.2, 0.25) is 0 Å². The van der Waals surface area contributed by atoms with Crippen LogP contribution in [0.3, 0.4) is 0 Å². The van der Waals surface area contributed by atoms with Gasteiger partial charge in [-0.15, -0.1) is 23.2 Å². The molecule has 1 saturated heterocycles. The highest BCUT2D eigenvalue weighted by Crippen LogP contribution is 2.38. The van der Waals surface area contributed by atoms with E-state index in [-0.39, 0.29) is 10.8 Å². The molecule has 1 aliphatic rings. The van der Waals surface area contributed by atoms with Gasteiger partial charge in [0.25, 0.3) is 5.91 Å². The van der Waals surface area contributed by atoms with E-state index in [0.717, 1.165) is 22.6 Å². The van der Waals surface area contributed by atoms with Gasteiger partial charge in [0.1, 0.15) is 10.9 Å². The van der Waals surface area contributed by atoms with E-state index in [0.29, 0.717) is 5.69 Å². The van der Waals surface area contributed by atoms with Gasteiger partial charge in [-0.25, -0.2) is 0 Å². The quantitative estimate of drug-likeness (QED) is 0.469. The average Bonchev–Trinajstić information content (AvgIpc) is 2.92. The molecule has 29 heavy (non-hydrogen) atoms. The zero-order valence-corrected chi connectivity index (χ0v) is 17.1. The SMILES string of the molecule is Cc1ccc(N2C(=S)N(c3ccc(C#N)c(C(F)(F)F)c3)C(=O)C2C(Cl)Cl)cc1. The molecule has 150 valence electrons. The van der Waals surface area contributed by atoms with Crippen molar-refractivity contribution in [2.75, 3.05) is 9.80 Å². The monoisotopic (exact) mass is 457 g/mol. The number of nitrogens with zero attached hydrogens (tertiary/aromatic N) is 3. The zero-order valence-electron chi connectivity index (χ0n) is 14.7. The third-order valence-corrected chi connectivity index (χ3v) is 5.24. The number of nitriles is 1. The maximum absolute atomic E-state index is 13.3. The number of thiocarbonyl (C=S) groups is 1. The first-order valence-electron chi connectivity index (χ1n) is 8.19. The molecule has 4 nitrogen and oxygen atoms in total. The molecule has 2 aromatic rings. The number of amides is 1. The minimum atomic E-state index is -4.77. The first-order valence-corrected chi connectivity index (χ1v) is 9.47. The summed E-state index contributed by atoms with van der Waals surface area (Å²) in [5.41, 5.74) is -0.351. The molecule has 10 heteroatoms. The van der Waals surface area contributed by atoms with Crippen LogP contribution in [0.15, 0.2) is 42.5 Å². The second kappa shape index (κ2) is 7.82. The molecular formula is C19H12Cl2F3N3OS. The van der Waals surface area contributed by atoms with Gasteiger partial charge in [0.15, 0.2) is 5.11 Å². The van der Waals surface area contributed by atoms with E-state index in [1.54, 1.807) is 24.3 Å². The van der Waals surface area contributed by atoms with E-state index in [4.69, 9.17) is 40.7 Å². The van der Waals surface area contributed by atoms with Gasteiger partial charge in [0.05, 0.1) is 22.9 Å². The molecule has 0 N–H and O–H groups in total. The van der Waals surface area contributed by atoms with Gasteiger partial charge in [-0.3, -0.25) is 9.69 Å². The first kappa shape index (κ1) is 21.4. The van der Waals surface area contributed by atoms with Crippen LogP contribution < -0.4 is 9.80 Å². The van der Waals surface area contributed by atoms with E-state index >= 15 is 0 Å². The minimum Gasteiger partial charge on any atom is -0.303 e. The lowest BCUT2D eigenvalue weighted by atomic mass is 10.1. The fourth-order valence-electron chi connectivity index (χ4n) is 3.00. The molecule has 1 fully saturated rings. The molecule has 0 saturated carbocycles. The van der Waals surface area contributed by atoms with Crippen molar-refractivity contribution in [3.05, 3.63) is 59.2 Å². The van der Waals surface area contributed by atoms with Crippen LogP contribution in [0, 0.1) is 18.3 Å². The number of aryl methyl sites for hydroxylation is 1. The number of hydrogen-bond donors (Lipinski definition) is 0. The van der Waals surface area contributed by atoms with Gasteiger partial charge in [-0.1, -0.05) is 17.7 Å². The normalized spacial score (nSPS) is 17.2. The molecule has 0 bridgehead atoms. The number of benzene rings is 2. The predicted molar refractivity (Wildman–Crippen MR) is 109 cm³/mol. The van der Waals surface area contributed by atoms with Crippen LogP contribution in [-0.2, 0) is 11.0 Å². The Kier molecular flexibility index (Phi) is 5.77. The summed E-state index contributed by atoms with van der Waals surface area (Å²) in [6.45, 7) is 1.88. The van der Waals surface area contributed by atoms with Crippen molar-refractivity contribution in [2.45, 2.75) is 24.0 Å². The lowest BCUT2D eigenvalue weighted by Crippen LogP contribution is -2.39. The molecule has 1 amide bonds. The van der Waals surface area contributed by atoms with Gasteiger partial charge in [-0.05, 0) is 49.5 Å². The maximum atomic E-state index is 13.3. The Balaban J connectivity index is 2.11. The number of rotatable bonds is 3. The fourth-order valence-corrected chi connectivity index (χ4v) is 3.86. The van der Waals surface area contributed by atoms with Gasteiger partial charge in [0, 0.05) is 5.69 Å². The molecule has 1 unspecified atom stereocenters. The standard InChI is InChI=1S/C19H12Cl2F3N3OS/c1-10-2-5-12(6-3-10)26-15(16(20)21)17(28)27(18(26)29)13-7-4-11(9-25)14(8-13)19(22,23)24/h2-8,15-16H,1H3. The number of anilines is 2. The second-order valence-corrected chi connectivity index (χ2v) is 7.81. The summed E-state index contributed by atoms with van der Waals surface area (Å²) in [6.07, 6.45) is -4.77. The zero-order chi connectivity index (χ0) is 21.5. The largest absolute Gasteiger partial charge is 0.417 e. The Bertz CT molecular complexity index is 1020. The summed E-state index contributed by atoms with van der Waals surface area (Å²) in [6, 6.07) is 10.3. The fraction of sp³-hybridized carbons (Fsp3) is 0.211. The maximum Gasteiger partial charge on any atom is 0.417 e. The third-order valence-electron chi connectivity index (χ3n) is 4.39. The highest BCUT2D eigenvalue weighted by molar-refractivity contribution is 7.81. The third kappa shape index (κ3) is 3.90. The Morgan fingerprint density at radius 2 is 1.72 bits per heavy atom. The van der Waals surface area contributed by atoms with Gasteiger partial charge >= 0.3 is 6.18 Å². The van der Waals surface area contributed by atoms with Crippen molar-refractivity contribution in [1.82, 2.24) is 0 Å². The molecule has 0 aromatic heterocycles. The van der Waals surface area contributed by atoms with E-state index < -0.39 is 34.1 Å². The van der Waals surface area contributed by atoms with Crippen LogP contribution in [0.5, 0.6) is 0 Å². The van der Waals surface area contributed by atoms with Crippen LogP contribution in [0.1, 0.15) is 16.7 Å². The van der Waals surface area contributed by atoms with E-state index in [9.17, 15) is 18.0 Å². The summed E-state index contributed by atoms with van der Waals surface area (Å²) in [7, 11) is 0. The molecule has 0 radical (unpaired) electrons. The number of carbonyl (C=O) groups excluding carboxylic acids is 1. The Labute approximate surface area is 180 Å². The summed E-state index contributed by atoms with van der Waals surface area (Å²) < 4.78 is 40.0. The lowest BCUT2D eigenvalue weighted by molar-refractivity contribution is -0.137. The Hall–Kier alpha value is -2.34. The van der Waals surface area contributed by atoms with Crippen LogP contribution in [0.4, 0.5) is 24.5 Å². The Morgan fingerprint density at radius 3 is 2.24 bits per heavy atom. The summed E-state index contributed by atoms with van der Waals surface area (Å²) in [5, 5.41) is 8.91. The molecule has 0 spiro atoms. The van der Waals surface area contributed by atoms with Crippen LogP contribution in [-0.4, -0.2) is 21.9 Å². The molecule has 1 atom stereocenters. The number of halogens is 5. The van der Waals surface area contributed by atoms with Gasteiger partial charge in [-0.2, -0.15) is 18.4 Å². The van der Waals surface area contributed by atoms with Crippen molar-refractivity contribution in [1.29, 1.82) is 5.26 Å². The van der Waals surface area contributed by atoms with Crippen molar-refractivity contribution < 1.29 is 18.0 Å². The first-order chi connectivity index (χ1) is 13.6. The van der Waals surface area contributed by atoms with Gasteiger partial charge in [0.2, 0.25) is 0 Å². The highest BCUT2D eigenvalue weighted by Gasteiger charge is 2.47. The number of alkyl halides is 5. The summed E-state index contributed by atoms with van der Waals surface area (Å²) in [4.78, 5) is 14.2.